The lowest BCUT2D eigenvalue weighted by Crippen LogP contribution is -2.30. The molecule has 8 heteroatoms. The van der Waals surface area contributed by atoms with Crippen LogP contribution in [0.2, 0.25) is 0 Å². The molecule has 30 heavy (non-hydrogen) atoms. The molecule has 0 saturated carbocycles. The fourth-order valence-corrected chi connectivity index (χ4v) is 3.21. The van der Waals surface area contributed by atoms with E-state index in [1.165, 1.54) is 50.5 Å². The highest BCUT2D eigenvalue weighted by Crippen LogP contribution is 2.22. The maximum absolute atomic E-state index is 12.3. The number of rotatable bonds is 7. The number of anilines is 2. The van der Waals surface area contributed by atoms with Gasteiger partial charge in [-0.05, 0) is 74.7 Å². The molecule has 3 rings (SSSR count). The van der Waals surface area contributed by atoms with Crippen molar-refractivity contribution in [1.82, 2.24) is 0 Å². The number of alkyl halides is 2. The topological polar surface area (TPSA) is 67.9 Å². The number of amides is 1. The van der Waals surface area contributed by atoms with Crippen molar-refractivity contribution in [3.8, 4) is 5.75 Å². The van der Waals surface area contributed by atoms with Gasteiger partial charge in [0.1, 0.15) is 5.75 Å². The number of ether oxygens (including phenoxy) is 2. The van der Waals surface area contributed by atoms with Crippen LogP contribution in [0, 0.1) is 0 Å². The molecule has 2 aromatic rings. The van der Waals surface area contributed by atoms with E-state index in [4.69, 9.17) is 4.74 Å². The summed E-state index contributed by atoms with van der Waals surface area (Å²) in [4.78, 5) is 26.8. The quantitative estimate of drug-likeness (QED) is 0.673. The standard InChI is InChI=1S/C22H24F2N2O4/c1-15(29-21(28)16-5-11-19(12-6-16)30-22(23)24)20(27)25-17-7-9-18(10-8-17)26-13-3-2-4-14-26/h5-12,15,22H,2-4,13-14H2,1H3,(H,25,27)/t15-/m0/s1. The van der Waals surface area contributed by atoms with Gasteiger partial charge in [-0.25, -0.2) is 4.79 Å². The number of esters is 1. The summed E-state index contributed by atoms with van der Waals surface area (Å²) < 4.78 is 33.7. The molecular weight excluding hydrogens is 394 g/mol. The summed E-state index contributed by atoms with van der Waals surface area (Å²) in [5.74, 6) is -1.27. The fraction of sp³-hybridized carbons (Fsp3) is 0.364. The normalized spacial score (nSPS) is 14.9. The molecule has 0 aromatic heterocycles. The minimum absolute atomic E-state index is 0.0691. The van der Waals surface area contributed by atoms with E-state index in [0.29, 0.717) is 5.69 Å². The van der Waals surface area contributed by atoms with Gasteiger partial charge in [0.05, 0.1) is 5.56 Å². The third-order valence-electron chi connectivity index (χ3n) is 4.82. The molecule has 1 atom stereocenters. The van der Waals surface area contributed by atoms with Crippen LogP contribution in [0.4, 0.5) is 20.2 Å². The van der Waals surface area contributed by atoms with Crippen molar-refractivity contribution in [3.63, 3.8) is 0 Å². The van der Waals surface area contributed by atoms with E-state index >= 15 is 0 Å². The molecule has 1 N–H and O–H groups in total. The Bertz CT molecular complexity index is 850. The predicted octanol–water partition coefficient (Wildman–Crippen LogP) is 4.46. The Morgan fingerprint density at radius 3 is 2.20 bits per heavy atom. The van der Waals surface area contributed by atoms with Gasteiger partial charge >= 0.3 is 12.6 Å². The summed E-state index contributed by atoms with van der Waals surface area (Å²) in [6, 6.07) is 12.6. The second-order valence-corrected chi connectivity index (χ2v) is 7.03. The first-order valence-electron chi connectivity index (χ1n) is 9.84. The van der Waals surface area contributed by atoms with Crippen LogP contribution < -0.4 is 15.0 Å². The van der Waals surface area contributed by atoms with E-state index in [2.05, 4.69) is 15.0 Å². The Balaban J connectivity index is 1.52. The zero-order chi connectivity index (χ0) is 21.5. The van der Waals surface area contributed by atoms with Crippen LogP contribution in [0.25, 0.3) is 0 Å². The van der Waals surface area contributed by atoms with E-state index in [1.807, 2.05) is 24.3 Å². The number of carbonyl (C=O) groups is 2. The minimum atomic E-state index is -2.94. The van der Waals surface area contributed by atoms with Gasteiger partial charge < -0.3 is 19.7 Å². The molecule has 1 amide bonds. The maximum Gasteiger partial charge on any atom is 0.387 e. The van der Waals surface area contributed by atoms with Crippen LogP contribution in [0.15, 0.2) is 48.5 Å². The maximum atomic E-state index is 12.3. The highest BCUT2D eigenvalue weighted by Gasteiger charge is 2.19. The average molecular weight is 418 g/mol. The second-order valence-electron chi connectivity index (χ2n) is 7.03. The van der Waals surface area contributed by atoms with Crippen LogP contribution >= 0.6 is 0 Å². The van der Waals surface area contributed by atoms with E-state index in [1.54, 1.807) is 0 Å². The smallest absolute Gasteiger partial charge is 0.387 e. The number of halogens is 2. The molecule has 1 saturated heterocycles. The van der Waals surface area contributed by atoms with Crippen molar-refractivity contribution in [2.45, 2.75) is 38.9 Å². The summed E-state index contributed by atoms with van der Waals surface area (Å²) in [5.41, 5.74) is 1.85. The Morgan fingerprint density at radius 1 is 0.967 bits per heavy atom. The molecule has 0 spiro atoms. The lowest BCUT2D eigenvalue weighted by atomic mass is 10.1. The van der Waals surface area contributed by atoms with Gasteiger partial charge in [0, 0.05) is 24.5 Å². The molecule has 0 aliphatic carbocycles. The molecule has 0 unspecified atom stereocenters. The molecule has 0 radical (unpaired) electrons. The van der Waals surface area contributed by atoms with Crippen molar-refractivity contribution in [2.24, 2.45) is 0 Å². The first-order valence-corrected chi connectivity index (χ1v) is 9.84. The Kier molecular flexibility index (Phi) is 7.21. The molecule has 1 fully saturated rings. The van der Waals surface area contributed by atoms with Gasteiger partial charge in [-0.2, -0.15) is 8.78 Å². The van der Waals surface area contributed by atoms with E-state index in [-0.39, 0.29) is 11.3 Å². The largest absolute Gasteiger partial charge is 0.449 e. The van der Waals surface area contributed by atoms with Crippen molar-refractivity contribution in [3.05, 3.63) is 54.1 Å². The molecule has 6 nitrogen and oxygen atoms in total. The van der Waals surface area contributed by atoms with Crippen molar-refractivity contribution in [2.75, 3.05) is 23.3 Å². The number of carbonyl (C=O) groups excluding carboxylic acids is 2. The summed E-state index contributed by atoms with van der Waals surface area (Å²) in [6.07, 6.45) is 2.60. The van der Waals surface area contributed by atoms with E-state index in [0.717, 1.165) is 18.8 Å². The number of benzene rings is 2. The SMILES string of the molecule is C[C@H](OC(=O)c1ccc(OC(F)F)cc1)C(=O)Nc1ccc(N2CCCCC2)cc1. The molecule has 1 aliphatic heterocycles. The van der Waals surface area contributed by atoms with Gasteiger partial charge in [-0.15, -0.1) is 0 Å². The monoisotopic (exact) mass is 418 g/mol. The molecule has 0 bridgehead atoms. The Labute approximate surface area is 173 Å². The molecular formula is C22H24F2N2O4. The number of nitrogens with one attached hydrogen (secondary N) is 1. The van der Waals surface area contributed by atoms with Crippen molar-refractivity contribution >= 4 is 23.3 Å². The van der Waals surface area contributed by atoms with Crippen LogP contribution in [0.5, 0.6) is 5.75 Å². The van der Waals surface area contributed by atoms with E-state index in [9.17, 15) is 18.4 Å². The summed E-state index contributed by atoms with van der Waals surface area (Å²) in [7, 11) is 0. The number of hydrogen-bond acceptors (Lipinski definition) is 5. The summed E-state index contributed by atoms with van der Waals surface area (Å²) >= 11 is 0. The van der Waals surface area contributed by atoms with Crippen LogP contribution in [0.3, 0.4) is 0 Å². The van der Waals surface area contributed by atoms with Gasteiger partial charge in [0.15, 0.2) is 6.10 Å². The van der Waals surface area contributed by atoms with Gasteiger partial charge in [0.2, 0.25) is 0 Å². The lowest BCUT2D eigenvalue weighted by Gasteiger charge is -2.28. The minimum Gasteiger partial charge on any atom is -0.449 e. The van der Waals surface area contributed by atoms with Crippen LogP contribution in [0.1, 0.15) is 36.5 Å². The number of piperidine rings is 1. The highest BCUT2D eigenvalue weighted by molar-refractivity contribution is 5.97. The van der Waals surface area contributed by atoms with E-state index < -0.39 is 24.6 Å². The highest BCUT2D eigenvalue weighted by atomic mass is 19.3. The van der Waals surface area contributed by atoms with Gasteiger partial charge in [-0.3, -0.25) is 4.79 Å². The van der Waals surface area contributed by atoms with Crippen LogP contribution in [-0.4, -0.2) is 37.7 Å². The second kappa shape index (κ2) is 10.0. The molecule has 1 heterocycles. The fourth-order valence-electron chi connectivity index (χ4n) is 3.21. The van der Waals surface area contributed by atoms with Crippen LogP contribution in [-0.2, 0) is 9.53 Å². The third kappa shape index (κ3) is 5.92. The zero-order valence-corrected chi connectivity index (χ0v) is 16.6. The molecule has 1 aliphatic rings. The van der Waals surface area contributed by atoms with Crippen molar-refractivity contribution < 1.29 is 27.8 Å². The third-order valence-corrected chi connectivity index (χ3v) is 4.82. The van der Waals surface area contributed by atoms with Gasteiger partial charge in [0.25, 0.3) is 5.91 Å². The number of hydrogen-bond donors (Lipinski definition) is 1. The van der Waals surface area contributed by atoms with Gasteiger partial charge in [-0.1, -0.05) is 0 Å². The average Bonchev–Trinajstić information content (AvgIpc) is 2.75. The summed E-state index contributed by atoms with van der Waals surface area (Å²) in [6.45, 7) is 0.589. The number of nitrogens with zero attached hydrogens (tertiary/aromatic N) is 1. The predicted molar refractivity (Wildman–Crippen MR) is 109 cm³/mol. The first-order chi connectivity index (χ1) is 14.4. The first kappa shape index (κ1) is 21.5. The molecule has 2 aromatic carbocycles. The Hall–Kier alpha value is -3.16. The molecule has 160 valence electrons. The zero-order valence-electron chi connectivity index (χ0n) is 16.6. The van der Waals surface area contributed by atoms with Crippen molar-refractivity contribution in [1.29, 1.82) is 0 Å². The lowest BCUT2D eigenvalue weighted by molar-refractivity contribution is -0.123. The summed E-state index contributed by atoms with van der Waals surface area (Å²) in [5, 5.41) is 2.72. The Morgan fingerprint density at radius 2 is 1.60 bits per heavy atom.